The zero-order chi connectivity index (χ0) is 14.6. The highest BCUT2D eigenvalue weighted by Gasteiger charge is 2.54. The van der Waals surface area contributed by atoms with Gasteiger partial charge in [-0.3, -0.25) is 4.98 Å². The summed E-state index contributed by atoms with van der Waals surface area (Å²) in [5.74, 6) is 2.99. The number of pyridine rings is 1. The maximum atomic E-state index is 4.45. The van der Waals surface area contributed by atoms with Crippen LogP contribution in [0.25, 0.3) is 0 Å². The van der Waals surface area contributed by atoms with Gasteiger partial charge >= 0.3 is 0 Å². The fourth-order valence-electron chi connectivity index (χ4n) is 5.83. The molecular weight excluding hydrogens is 270 g/mol. The molecule has 2 heterocycles. The van der Waals surface area contributed by atoms with Crippen molar-refractivity contribution in [3.63, 3.8) is 0 Å². The minimum absolute atomic E-state index is 0.435. The first-order chi connectivity index (χ1) is 10.8. The topological polar surface area (TPSA) is 21.7 Å². The summed E-state index contributed by atoms with van der Waals surface area (Å²) in [6.07, 6.45) is 17.5. The molecule has 3 nitrogen and oxygen atoms in total. The Morgan fingerprint density at radius 1 is 1.09 bits per heavy atom. The number of rotatable bonds is 3. The maximum Gasteiger partial charge on any atom is 0.244 e. The zero-order valence-corrected chi connectivity index (χ0v) is 13.1. The molecule has 4 bridgehead atoms. The number of imidazole rings is 1. The second-order valence-electron chi connectivity index (χ2n) is 7.96. The Kier molecular flexibility index (Phi) is 2.73. The molecule has 0 aliphatic heterocycles. The lowest BCUT2D eigenvalue weighted by Crippen LogP contribution is -2.51. The first kappa shape index (κ1) is 12.9. The molecule has 22 heavy (non-hydrogen) atoms. The number of hydrogen-bond acceptors (Lipinski definition) is 1. The van der Waals surface area contributed by atoms with Crippen molar-refractivity contribution < 1.29 is 4.57 Å². The molecule has 0 radical (unpaired) electrons. The molecule has 6 rings (SSSR count). The van der Waals surface area contributed by atoms with Crippen molar-refractivity contribution in [3.05, 3.63) is 48.8 Å². The highest BCUT2D eigenvalue weighted by molar-refractivity contribution is 5.06. The van der Waals surface area contributed by atoms with Gasteiger partial charge in [0.05, 0.1) is 5.69 Å². The van der Waals surface area contributed by atoms with Gasteiger partial charge in [-0.1, -0.05) is 6.07 Å². The normalized spacial score (nSPS) is 35.9. The molecule has 0 N–H and O–H groups in total. The van der Waals surface area contributed by atoms with Gasteiger partial charge in [0.2, 0.25) is 6.33 Å². The van der Waals surface area contributed by atoms with E-state index >= 15 is 0 Å². The molecule has 0 saturated heterocycles. The SMILES string of the molecule is c1ccc(C[n+]2ccn(C34CC5CC(CC(C5)C3)C4)c2)nc1. The Hall–Kier alpha value is -1.64. The first-order valence-corrected chi connectivity index (χ1v) is 8.76. The van der Waals surface area contributed by atoms with Gasteiger partial charge in [0.25, 0.3) is 0 Å². The van der Waals surface area contributed by atoms with E-state index in [0.717, 1.165) is 30.0 Å². The summed E-state index contributed by atoms with van der Waals surface area (Å²) in [7, 11) is 0. The van der Waals surface area contributed by atoms with E-state index in [0.29, 0.717) is 5.54 Å². The van der Waals surface area contributed by atoms with E-state index in [1.54, 1.807) is 0 Å². The Bertz CT molecular complexity index is 638. The third kappa shape index (κ3) is 2.02. The minimum atomic E-state index is 0.435. The minimum Gasteiger partial charge on any atom is -0.257 e. The lowest BCUT2D eigenvalue weighted by molar-refractivity contribution is -0.688. The van der Waals surface area contributed by atoms with E-state index in [4.69, 9.17) is 0 Å². The molecule has 4 aliphatic rings. The smallest absolute Gasteiger partial charge is 0.244 e. The average molecular weight is 294 g/mol. The van der Waals surface area contributed by atoms with Gasteiger partial charge in [-0.05, 0) is 68.4 Å². The van der Waals surface area contributed by atoms with Crippen LogP contribution in [0.2, 0.25) is 0 Å². The fraction of sp³-hybridized carbons (Fsp3) is 0.579. The van der Waals surface area contributed by atoms with Gasteiger partial charge in [-0.2, -0.15) is 0 Å². The molecule has 2 aromatic rings. The monoisotopic (exact) mass is 294 g/mol. The van der Waals surface area contributed by atoms with E-state index in [2.05, 4.69) is 45.0 Å². The van der Waals surface area contributed by atoms with Crippen LogP contribution in [-0.2, 0) is 12.1 Å². The third-order valence-electron chi connectivity index (χ3n) is 6.32. The van der Waals surface area contributed by atoms with E-state index in [1.165, 1.54) is 38.5 Å². The summed E-state index contributed by atoms with van der Waals surface area (Å²) >= 11 is 0. The number of aromatic nitrogens is 3. The van der Waals surface area contributed by atoms with Crippen LogP contribution in [0.5, 0.6) is 0 Å². The zero-order valence-electron chi connectivity index (χ0n) is 13.1. The van der Waals surface area contributed by atoms with Crippen LogP contribution in [0.4, 0.5) is 0 Å². The molecule has 4 saturated carbocycles. The summed E-state index contributed by atoms with van der Waals surface area (Å²) in [5.41, 5.74) is 1.57. The molecule has 0 amide bonds. The lowest BCUT2D eigenvalue weighted by atomic mass is 9.53. The van der Waals surface area contributed by atoms with Crippen molar-refractivity contribution in [2.45, 2.75) is 50.6 Å². The predicted molar refractivity (Wildman–Crippen MR) is 84.1 cm³/mol. The van der Waals surface area contributed by atoms with Crippen LogP contribution in [0, 0.1) is 17.8 Å². The lowest BCUT2D eigenvalue weighted by Gasteiger charge is -2.54. The van der Waals surface area contributed by atoms with E-state index in [-0.39, 0.29) is 0 Å². The summed E-state index contributed by atoms with van der Waals surface area (Å²) in [6.45, 7) is 0.875. The van der Waals surface area contributed by atoms with E-state index in [1.807, 2.05) is 12.3 Å². The summed E-state index contributed by atoms with van der Waals surface area (Å²) in [5, 5.41) is 0. The summed E-state index contributed by atoms with van der Waals surface area (Å²) in [4.78, 5) is 4.45. The average Bonchev–Trinajstić information content (AvgIpc) is 2.96. The molecule has 4 fully saturated rings. The highest BCUT2D eigenvalue weighted by atomic mass is 15.2. The fourth-order valence-corrected chi connectivity index (χ4v) is 5.83. The van der Waals surface area contributed by atoms with Gasteiger partial charge in [0.1, 0.15) is 24.5 Å². The number of hydrogen-bond donors (Lipinski definition) is 0. The number of nitrogens with zero attached hydrogens (tertiary/aromatic N) is 3. The Morgan fingerprint density at radius 2 is 1.82 bits per heavy atom. The van der Waals surface area contributed by atoms with Gasteiger partial charge < -0.3 is 0 Å². The Balaban J connectivity index is 1.42. The van der Waals surface area contributed by atoms with Crippen LogP contribution in [0.1, 0.15) is 44.2 Å². The quantitative estimate of drug-likeness (QED) is 0.797. The van der Waals surface area contributed by atoms with Crippen LogP contribution in [0.3, 0.4) is 0 Å². The van der Waals surface area contributed by atoms with Gasteiger partial charge in [-0.25, -0.2) is 9.13 Å². The molecule has 4 aliphatic carbocycles. The van der Waals surface area contributed by atoms with Gasteiger partial charge in [0, 0.05) is 6.20 Å². The largest absolute Gasteiger partial charge is 0.257 e. The Morgan fingerprint density at radius 3 is 2.45 bits per heavy atom. The molecule has 0 unspecified atom stereocenters. The van der Waals surface area contributed by atoms with E-state index in [9.17, 15) is 0 Å². The predicted octanol–water partition coefficient (Wildman–Crippen LogP) is 3.14. The van der Waals surface area contributed by atoms with Crippen molar-refractivity contribution in [1.29, 1.82) is 0 Å². The summed E-state index contributed by atoms with van der Waals surface area (Å²) in [6, 6.07) is 6.16. The highest BCUT2D eigenvalue weighted by Crippen LogP contribution is 2.58. The molecule has 3 heteroatoms. The van der Waals surface area contributed by atoms with Crippen LogP contribution < -0.4 is 4.57 Å². The third-order valence-corrected chi connectivity index (χ3v) is 6.32. The molecule has 2 aromatic heterocycles. The van der Waals surface area contributed by atoms with Crippen molar-refractivity contribution in [2.75, 3.05) is 0 Å². The molecule has 0 atom stereocenters. The van der Waals surface area contributed by atoms with Crippen molar-refractivity contribution in [1.82, 2.24) is 9.55 Å². The van der Waals surface area contributed by atoms with Gasteiger partial charge in [0.15, 0.2) is 0 Å². The standard InChI is InChI=1S/C19H24N3/c1-2-4-20-18(3-1)13-21-5-6-22(14-21)19-10-15-7-16(11-19)9-17(8-15)12-19/h1-6,14-17H,7-13H2/q+1. The van der Waals surface area contributed by atoms with Crippen molar-refractivity contribution >= 4 is 0 Å². The molecular formula is C19H24N3+. The van der Waals surface area contributed by atoms with Crippen LogP contribution >= 0.6 is 0 Å². The second kappa shape index (κ2) is 4.68. The van der Waals surface area contributed by atoms with Gasteiger partial charge in [-0.15, -0.1) is 0 Å². The summed E-state index contributed by atoms with van der Waals surface area (Å²) < 4.78 is 4.85. The second-order valence-corrected chi connectivity index (χ2v) is 7.96. The maximum absolute atomic E-state index is 4.45. The van der Waals surface area contributed by atoms with Crippen molar-refractivity contribution in [2.24, 2.45) is 17.8 Å². The van der Waals surface area contributed by atoms with Crippen LogP contribution in [-0.4, -0.2) is 9.55 Å². The molecule has 0 spiro atoms. The van der Waals surface area contributed by atoms with E-state index < -0.39 is 0 Å². The first-order valence-electron chi connectivity index (χ1n) is 8.76. The molecule has 0 aromatic carbocycles. The molecule has 114 valence electrons. The Labute approximate surface area is 132 Å². The van der Waals surface area contributed by atoms with Crippen LogP contribution in [0.15, 0.2) is 43.1 Å². The van der Waals surface area contributed by atoms with Crippen molar-refractivity contribution in [3.8, 4) is 0 Å².